The number of rotatable bonds is 10. The van der Waals surface area contributed by atoms with Crippen LogP contribution in [0.1, 0.15) is 12.5 Å². The van der Waals surface area contributed by atoms with Gasteiger partial charge in [-0.1, -0.05) is 23.7 Å². The van der Waals surface area contributed by atoms with Crippen LogP contribution in [0.15, 0.2) is 47.4 Å². The number of hydrogen-bond acceptors (Lipinski definition) is 5. The van der Waals surface area contributed by atoms with Crippen LogP contribution in [0.4, 0.5) is 0 Å². The van der Waals surface area contributed by atoms with Gasteiger partial charge in [-0.05, 0) is 42.8 Å². The molecule has 1 amide bonds. The number of nitrogens with one attached hydrogen (secondary N) is 1. The molecule has 0 aliphatic heterocycles. The summed E-state index contributed by atoms with van der Waals surface area (Å²) in [7, 11) is 3.20. The fourth-order valence-electron chi connectivity index (χ4n) is 2.35. The number of carbonyl (C=O) groups is 1. The third-order valence-corrected chi connectivity index (χ3v) is 6.10. The maximum Gasteiger partial charge on any atom is 0.233 e. The minimum Gasteiger partial charge on any atom is -0.493 e. The fraction of sp³-hybridized carbons (Fsp3) is 0.350. The molecule has 4 nitrogen and oxygen atoms in total. The number of carbonyl (C=O) groups excluding carboxylic acids is 1. The Kier molecular flexibility index (Phi) is 9.18. The molecule has 2 rings (SSSR count). The van der Waals surface area contributed by atoms with Crippen LogP contribution in [0.2, 0.25) is 5.02 Å². The van der Waals surface area contributed by atoms with E-state index >= 15 is 0 Å². The van der Waals surface area contributed by atoms with Crippen LogP contribution in [-0.4, -0.2) is 37.7 Å². The topological polar surface area (TPSA) is 47.6 Å². The molecule has 0 fully saturated rings. The van der Waals surface area contributed by atoms with Crippen LogP contribution < -0.4 is 14.8 Å². The third kappa shape index (κ3) is 7.20. The maximum absolute atomic E-state index is 12.3. The van der Waals surface area contributed by atoms with Gasteiger partial charge in [0.25, 0.3) is 0 Å². The zero-order valence-corrected chi connectivity index (χ0v) is 18.0. The molecule has 0 saturated heterocycles. The van der Waals surface area contributed by atoms with Crippen molar-refractivity contribution in [1.29, 1.82) is 0 Å². The molecule has 27 heavy (non-hydrogen) atoms. The van der Waals surface area contributed by atoms with Crippen molar-refractivity contribution in [3.05, 3.63) is 53.1 Å². The van der Waals surface area contributed by atoms with Crippen molar-refractivity contribution < 1.29 is 14.3 Å². The molecule has 0 aliphatic carbocycles. The van der Waals surface area contributed by atoms with E-state index in [1.807, 2.05) is 43.3 Å². The lowest BCUT2D eigenvalue weighted by molar-refractivity contribution is -0.120. The molecule has 1 N–H and O–H groups in total. The first kappa shape index (κ1) is 21.8. The molecular weight excluding hydrogens is 402 g/mol. The van der Waals surface area contributed by atoms with Crippen molar-refractivity contribution in [2.75, 3.05) is 26.5 Å². The van der Waals surface area contributed by atoms with E-state index in [0.717, 1.165) is 21.4 Å². The van der Waals surface area contributed by atoms with Gasteiger partial charge in [-0.3, -0.25) is 4.79 Å². The number of ether oxygens (including phenoxy) is 2. The first-order chi connectivity index (χ1) is 13.0. The second-order valence-electron chi connectivity index (χ2n) is 5.75. The molecule has 0 radical (unpaired) electrons. The van der Waals surface area contributed by atoms with Gasteiger partial charge in [0.15, 0.2) is 11.5 Å². The smallest absolute Gasteiger partial charge is 0.233 e. The largest absolute Gasteiger partial charge is 0.493 e. The molecule has 0 saturated carbocycles. The Morgan fingerprint density at radius 3 is 2.63 bits per heavy atom. The zero-order chi connectivity index (χ0) is 19.6. The maximum atomic E-state index is 12.3. The lowest BCUT2D eigenvalue weighted by atomic mass is 10.2. The summed E-state index contributed by atoms with van der Waals surface area (Å²) < 4.78 is 10.5. The van der Waals surface area contributed by atoms with E-state index in [9.17, 15) is 4.79 Å². The molecule has 0 aliphatic rings. The molecule has 2 aromatic carbocycles. The van der Waals surface area contributed by atoms with Crippen molar-refractivity contribution in [1.82, 2.24) is 5.32 Å². The Morgan fingerprint density at radius 1 is 1.15 bits per heavy atom. The highest BCUT2D eigenvalue weighted by Gasteiger charge is 2.15. The summed E-state index contributed by atoms with van der Waals surface area (Å²) in [5, 5.41) is 3.55. The lowest BCUT2D eigenvalue weighted by Gasteiger charge is -2.14. The van der Waals surface area contributed by atoms with Crippen LogP contribution in [0.3, 0.4) is 0 Å². The Bertz CT molecular complexity index is 758. The average Bonchev–Trinajstić information content (AvgIpc) is 2.67. The zero-order valence-electron chi connectivity index (χ0n) is 15.7. The number of amides is 1. The molecule has 146 valence electrons. The molecule has 0 spiro atoms. The molecule has 1 atom stereocenters. The van der Waals surface area contributed by atoms with E-state index in [1.165, 1.54) is 17.3 Å². The first-order valence-electron chi connectivity index (χ1n) is 8.52. The normalized spacial score (nSPS) is 11.7. The van der Waals surface area contributed by atoms with Crippen molar-refractivity contribution in [3.63, 3.8) is 0 Å². The molecule has 2 aromatic rings. The van der Waals surface area contributed by atoms with Crippen LogP contribution in [-0.2, 0) is 10.5 Å². The fourth-order valence-corrected chi connectivity index (χ4v) is 4.29. The van der Waals surface area contributed by atoms with Crippen LogP contribution in [0.5, 0.6) is 11.5 Å². The van der Waals surface area contributed by atoms with E-state index in [0.29, 0.717) is 18.0 Å². The van der Waals surface area contributed by atoms with Crippen molar-refractivity contribution in [3.8, 4) is 11.5 Å². The first-order valence-corrected chi connectivity index (χ1v) is 10.9. The quantitative estimate of drug-likeness (QED) is 0.434. The van der Waals surface area contributed by atoms with Gasteiger partial charge < -0.3 is 14.8 Å². The number of benzene rings is 2. The summed E-state index contributed by atoms with van der Waals surface area (Å²) in [6, 6.07) is 13.5. The highest BCUT2D eigenvalue weighted by atomic mass is 35.5. The monoisotopic (exact) mass is 425 g/mol. The predicted octanol–water partition coefficient (Wildman–Crippen LogP) is 4.89. The molecule has 0 aromatic heterocycles. The highest BCUT2D eigenvalue weighted by Crippen LogP contribution is 2.33. The molecule has 0 unspecified atom stereocenters. The highest BCUT2D eigenvalue weighted by molar-refractivity contribution is 8.00. The van der Waals surface area contributed by atoms with E-state index < -0.39 is 0 Å². The number of halogens is 1. The third-order valence-electron chi connectivity index (χ3n) is 3.74. The SMILES string of the molecule is COc1ccc(S[C@H](C)C(=O)NCCSCc2cccc(Cl)c2)cc1OC. The van der Waals surface area contributed by atoms with Gasteiger partial charge in [0.05, 0.1) is 19.5 Å². The Labute approximate surface area is 174 Å². The Hall–Kier alpha value is -1.50. The van der Waals surface area contributed by atoms with Gasteiger partial charge >= 0.3 is 0 Å². The minimum absolute atomic E-state index is 0.0261. The van der Waals surface area contributed by atoms with Gasteiger partial charge in [-0.15, -0.1) is 11.8 Å². The van der Waals surface area contributed by atoms with E-state index in [1.54, 1.807) is 26.0 Å². The lowest BCUT2D eigenvalue weighted by Crippen LogP contribution is -2.32. The number of hydrogen-bond donors (Lipinski definition) is 1. The summed E-state index contributed by atoms with van der Waals surface area (Å²) in [5.74, 6) is 3.10. The summed E-state index contributed by atoms with van der Waals surface area (Å²) in [5.41, 5.74) is 1.19. The standard InChI is InChI=1S/C20H24ClNO3S2/c1-14(27-17-7-8-18(24-2)19(12-17)25-3)20(23)22-9-10-26-13-15-5-4-6-16(21)11-15/h4-8,11-12,14H,9-10,13H2,1-3H3,(H,22,23)/t14-/m1/s1. The molecule has 0 bridgehead atoms. The van der Waals surface area contributed by atoms with E-state index in [4.69, 9.17) is 21.1 Å². The molecule has 7 heteroatoms. The second-order valence-corrected chi connectivity index (χ2v) is 8.71. The summed E-state index contributed by atoms with van der Waals surface area (Å²) in [6.45, 7) is 2.54. The summed E-state index contributed by atoms with van der Waals surface area (Å²) in [6.07, 6.45) is 0. The van der Waals surface area contributed by atoms with Crippen LogP contribution in [0, 0.1) is 0 Å². The van der Waals surface area contributed by atoms with Gasteiger partial charge in [0, 0.05) is 28.0 Å². The molecule has 0 heterocycles. The molecular formula is C20H24ClNO3S2. The van der Waals surface area contributed by atoms with Crippen molar-refractivity contribution in [2.24, 2.45) is 0 Å². The number of methoxy groups -OCH3 is 2. The average molecular weight is 426 g/mol. The summed E-state index contributed by atoms with van der Waals surface area (Å²) in [4.78, 5) is 13.3. The van der Waals surface area contributed by atoms with Crippen molar-refractivity contribution in [2.45, 2.75) is 22.8 Å². The van der Waals surface area contributed by atoms with Gasteiger partial charge in [-0.2, -0.15) is 11.8 Å². The summed E-state index contributed by atoms with van der Waals surface area (Å²) >= 11 is 9.25. The van der Waals surface area contributed by atoms with Crippen LogP contribution >= 0.6 is 35.1 Å². The van der Waals surface area contributed by atoms with Gasteiger partial charge in [0.2, 0.25) is 5.91 Å². The van der Waals surface area contributed by atoms with Crippen LogP contribution in [0.25, 0.3) is 0 Å². The Morgan fingerprint density at radius 2 is 1.93 bits per heavy atom. The van der Waals surface area contributed by atoms with Gasteiger partial charge in [-0.25, -0.2) is 0 Å². The Balaban J connectivity index is 1.72. The van der Waals surface area contributed by atoms with E-state index in [-0.39, 0.29) is 11.2 Å². The van der Waals surface area contributed by atoms with E-state index in [2.05, 4.69) is 11.4 Å². The number of thioether (sulfide) groups is 2. The minimum atomic E-state index is -0.193. The van der Waals surface area contributed by atoms with Crippen molar-refractivity contribution >= 4 is 41.0 Å². The van der Waals surface area contributed by atoms with Gasteiger partial charge in [0.1, 0.15) is 0 Å². The second kappa shape index (κ2) is 11.4. The predicted molar refractivity (Wildman–Crippen MR) is 115 cm³/mol.